The molecule has 0 amide bonds. The molecule has 3 aromatic rings. The Morgan fingerprint density at radius 1 is 1.05 bits per heavy atom. The van der Waals surface area contributed by atoms with Crippen LogP contribution in [-0.2, 0) is 6.42 Å². The molecule has 0 aliphatic heterocycles. The molecule has 1 N–H and O–H groups in total. The molecule has 1 aromatic heterocycles. The number of hydrogen-bond donors (Lipinski definition) is 1. The van der Waals surface area contributed by atoms with Crippen molar-refractivity contribution in [2.45, 2.75) is 13.3 Å². The quantitative estimate of drug-likeness (QED) is 0.781. The fourth-order valence-electron chi connectivity index (χ4n) is 2.19. The van der Waals surface area contributed by atoms with Crippen molar-refractivity contribution in [2.75, 3.05) is 0 Å². The topological polar surface area (TPSA) is 61.7 Å². The molecule has 22 heavy (non-hydrogen) atoms. The van der Waals surface area contributed by atoms with E-state index in [1.807, 2.05) is 61.5 Å². The lowest BCUT2D eigenvalue weighted by atomic mass is 10.2. The summed E-state index contributed by atoms with van der Waals surface area (Å²) in [4.78, 5) is 7.68. The number of aromatic amines is 1. The van der Waals surface area contributed by atoms with Crippen LogP contribution in [0.25, 0.3) is 11.4 Å². The van der Waals surface area contributed by atoms with Crippen molar-refractivity contribution >= 4 is 0 Å². The number of H-pyrrole nitrogens is 1. The molecule has 1 heterocycles. The minimum absolute atomic E-state index is 0.317. The number of ether oxygens (including phenoxy) is 1. The molecule has 0 atom stereocenters. The summed E-state index contributed by atoms with van der Waals surface area (Å²) in [5.74, 6) is 2.35. The van der Waals surface area contributed by atoms with Gasteiger partial charge in [-0.15, -0.1) is 0 Å². The van der Waals surface area contributed by atoms with Gasteiger partial charge in [-0.25, -0.2) is 4.98 Å². The van der Waals surface area contributed by atoms with Crippen molar-refractivity contribution < 1.29 is 4.74 Å². The van der Waals surface area contributed by atoms with Gasteiger partial charge in [0.25, 0.3) is 0 Å². The molecular weight excluding hydrogens is 274 g/mol. The molecule has 0 aliphatic rings. The van der Waals surface area contributed by atoms with E-state index in [0.29, 0.717) is 6.42 Å². The van der Waals surface area contributed by atoms with Gasteiger partial charge in [0.1, 0.15) is 17.3 Å². The van der Waals surface area contributed by atoms with E-state index in [2.05, 4.69) is 16.0 Å². The number of rotatable bonds is 4. The highest BCUT2D eigenvalue weighted by molar-refractivity contribution is 5.57. The summed E-state index contributed by atoms with van der Waals surface area (Å²) in [6.07, 6.45) is 0.317. The van der Waals surface area contributed by atoms with Gasteiger partial charge in [-0.2, -0.15) is 5.26 Å². The summed E-state index contributed by atoms with van der Waals surface area (Å²) < 4.78 is 5.76. The van der Waals surface area contributed by atoms with Crippen molar-refractivity contribution in [3.05, 3.63) is 66.0 Å². The number of nitrogens with zero attached hydrogens (tertiary/aromatic N) is 2. The van der Waals surface area contributed by atoms with Crippen molar-refractivity contribution in [3.63, 3.8) is 0 Å². The Morgan fingerprint density at radius 3 is 2.41 bits per heavy atom. The minimum atomic E-state index is 0.317. The number of nitriles is 1. The molecular formula is C18H15N3O. The van der Waals surface area contributed by atoms with E-state index in [-0.39, 0.29) is 0 Å². The molecule has 4 heteroatoms. The second-order valence-electron chi connectivity index (χ2n) is 4.93. The van der Waals surface area contributed by atoms with Gasteiger partial charge in [-0.05, 0) is 43.3 Å². The largest absolute Gasteiger partial charge is 0.457 e. The summed E-state index contributed by atoms with van der Waals surface area (Å²) in [6, 6.07) is 19.5. The normalized spacial score (nSPS) is 10.2. The van der Waals surface area contributed by atoms with Crippen molar-refractivity contribution in [1.82, 2.24) is 9.97 Å². The molecule has 0 unspecified atom stereocenters. The molecule has 2 aromatic carbocycles. The average Bonchev–Trinajstić information content (AvgIpc) is 2.91. The van der Waals surface area contributed by atoms with E-state index in [4.69, 9.17) is 10.00 Å². The molecule has 0 saturated heterocycles. The number of imidazole rings is 1. The molecule has 108 valence electrons. The summed E-state index contributed by atoms with van der Waals surface area (Å²) in [6.45, 7) is 1.93. The summed E-state index contributed by atoms with van der Waals surface area (Å²) in [5, 5.41) is 8.78. The molecule has 3 rings (SSSR count). The maximum atomic E-state index is 8.78. The first kappa shape index (κ1) is 13.9. The summed E-state index contributed by atoms with van der Waals surface area (Å²) in [7, 11) is 0. The Hall–Kier alpha value is -3.06. The lowest BCUT2D eigenvalue weighted by Gasteiger charge is -2.05. The number of benzene rings is 2. The summed E-state index contributed by atoms with van der Waals surface area (Å²) >= 11 is 0. The molecule has 0 saturated carbocycles. The van der Waals surface area contributed by atoms with Crippen LogP contribution in [0.2, 0.25) is 0 Å². The van der Waals surface area contributed by atoms with Gasteiger partial charge in [-0.1, -0.05) is 18.2 Å². The van der Waals surface area contributed by atoms with Crippen LogP contribution in [-0.4, -0.2) is 9.97 Å². The second kappa shape index (κ2) is 6.15. The highest BCUT2D eigenvalue weighted by Crippen LogP contribution is 2.25. The van der Waals surface area contributed by atoms with E-state index in [1.165, 1.54) is 0 Å². The third-order valence-electron chi connectivity index (χ3n) is 3.34. The van der Waals surface area contributed by atoms with Gasteiger partial charge >= 0.3 is 0 Å². The first-order valence-electron chi connectivity index (χ1n) is 7.02. The SMILES string of the molecule is Cc1[nH]c(-c2ccc(Oc3ccccc3)cc2)nc1CC#N. The number of aryl methyl sites for hydroxylation is 1. The van der Waals surface area contributed by atoms with Crippen LogP contribution < -0.4 is 4.74 Å². The molecule has 0 radical (unpaired) electrons. The monoisotopic (exact) mass is 289 g/mol. The van der Waals surface area contributed by atoms with Crippen LogP contribution in [0.3, 0.4) is 0 Å². The van der Waals surface area contributed by atoms with Gasteiger partial charge in [0, 0.05) is 11.3 Å². The van der Waals surface area contributed by atoms with Crippen molar-refractivity contribution in [1.29, 1.82) is 5.26 Å². The number of hydrogen-bond acceptors (Lipinski definition) is 3. The third kappa shape index (κ3) is 2.99. The number of aromatic nitrogens is 2. The van der Waals surface area contributed by atoms with Crippen LogP contribution >= 0.6 is 0 Å². The van der Waals surface area contributed by atoms with Crippen molar-refractivity contribution in [2.24, 2.45) is 0 Å². The standard InChI is InChI=1S/C18H15N3O/c1-13-17(11-12-19)21-18(20-13)14-7-9-16(10-8-14)22-15-5-3-2-4-6-15/h2-10H,11H2,1H3,(H,20,21). The van der Waals surface area contributed by atoms with Crippen molar-refractivity contribution in [3.8, 4) is 29.0 Å². The maximum absolute atomic E-state index is 8.78. The Balaban J connectivity index is 1.79. The predicted octanol–water partition coefficient (Wildman–Crippen LogP) is 4.24. The van der Waals surface area contributed by atoms with Gasteiger partial charge in [0.2, 0.25) is 0 Å². The average molecular weight is 289 g/mol. The first-order valence-corrected chi connectivity index (χ1v) is 7.02. The number of nitrogens with one attached hydrogen (secondary N) is 1. The van der Waals surface area contributed by atoms with E-state index in [0.717, 1.165) is 34.3 Å². The fraction of sp³-hybridized carbons (Fsp3) is 0.111. The van der Waals surface area contributed by atoms with Gasteiger partial charge in [0.15, 0.2) is 0 Å². The molecule has 0 bridgehead atoms. The lowest BCUT2D eigenvalue weighted by molar-refractivity contribution is 0.483. The number of para-hydroxylation sites is 1. The third-order valence-corrected chi connectivity index (χ3v) is 3.34. The van der Waals surface area contributed by atoms with E-state index in [9.17, 15) is 0 Å². The van der Waals surface area contributed by atoms with Gasteiger partial charge < -0.3 is 9.72 Å². The highest BCUT2D eigenvalue weighted by Gasteiger charge is 2.08. The fourth-order valence-corrected chi connectivity index (χ4v) is 2.19. The van der Waals surface area contributed by atoms with Crippen LogP contribution in [0.15, 0.2) is 54.6 Å². The zero-order chi connectivity index (χ0) is 15.4. The highest BCUT2D eigenvalue weighted by atomic mass is 16.5. The minimum Gasteiger partial charge on any atom is -0.457 e. The van der Waals surface area contributed by atoms with Crippen LogP contribution in [0, 0.1) is 18.3 Å². The lowest BCUT2D eigenvalue weighted by Crippen LogP contribution is -1.86. The molecule has 0 spiro atoms. The molecule has 0 fully saturated rings. The Labute approximate surface area is 129 Å². The molecule has 0 aliphatic carbocycles. The first-order chi connectivity index (χ1) is 10.8. The summed E-state index contributed by atoms with van der Waals surface area (Å²) in [5.41, 5.74) is 2.69. The van der Waals surface area contributed by atoms with E-state index < -0.39 is 0 Å². The smallest absolute Gasteiger partial charge is 0.137 e. The Bertz CT molecular complexity index is 799. The zero-order valence-electron chi connectivity index (χ0n) is 12.2. The second-order valence-corrected chi connectivity index (χ2v) is 4.93. The zero-order valence-corrected chi connectivity index (χ0v) is 12.2. The molecule has 4 nitrogen and oxygen atoms in total. The van der Waals surface area contributed by atoms with Gasteiger partial charge in [0.05, 0.1) is 18.2 Å². The predicted molar refractivity (Wildman–Crippen MR) is 84.6 cm³/mol. The Morgan fingerprint density at radius 2 is 1.73 bits per heavy atom. The Kier molecular flexibility index (Phi) is 3.88. The van der Waals surface area contributed by atoms with Crippen LogP contribution in [0.5, 0.6) is 11.5 Å². The van der Waals surface area contributed by atoms with Gasteiger partial charge in [-0.3, -0.25) is 0 Å². The van der Waals surface area contributed by atoms with E-state index in [1.54, 1.807) is 0 Å². The maximum Gasteiger partial charge on any atom is 0.137 e. The van der Waals surface area contributed by atoms with Crippen LogP contribution in [0.4, 0.5) is 0 Å². The van der Waals surface area contributed by atoms with Crippen LogP contribution in [0.1, 0.15) is 11.4 Å². The van der Waals surface area contributed by atoms with E-state index >= 15 is 0 Å².